The van der Waals surface area contributed by atoms with Crippen LogP contribution >= 0.6 is 11.3 Å². The van der Waals surface area contributed by atoms with E-state index in [-0.39, 0.29) is 5.92 Å². The summed E-state index contributed by atoms with van der Waals surface area (Å²) in [5, 5.41) is 1.16. The number of nitrogens with zero attached hydrogens (tertiary/aromatic N) is 4. The minimum atomic E-state index is 0.251. The van der Waals surface area contributed by atoms with Crippen LogP contribution in [0.5, 0.6) is 0 Å². The van der Waals surface area contributed by atoms with Crippen molar-refractivity contribution in [1.29, 1.82) is 0 Å². The van der Waals surface area contributed by atoms with Gasteiger partial charge in [0.15, 0.2) is 16.7 Å². The number of imidazole rings is 1. The molecule has 0 fully saturated rings. The first-order valence-corrected chi connectivity index (χ1v) is 13.9. The Morgan fingerprint density at radius 1 is 0.838 bits per heavy atom. The number of hydrogen-bond acceptors (Lipinski definition) is 3. The molecule has 2 aromatic carbocycles. The fraction of sp³-hybridized carbons (Fsp3) is 0.281. The number of thiophene rings is 1. The smallest absolute Gasteiger partial charge is 0.246 e. The van der Waals surface area contributed by atoms with Gasteiger partial charge in [0.1, 0.15) is 4.83 Å². The molecule has 0 saturated carbocycles. The van der Waals surface area contributed by atoms with Crippen molar-refractivity contribution in [3.63, 3.8) is 0 Å². The van der Waals surface area contributed by atoms with Crippen molar-refractivity contribution in [3.8, 4) is 17.1 Å². The van der Waals surface area contributed by atoms with Gasteiger partial charge in [-0.3, -0.25) is 0 Å². The molecule has 0 aliphatic carbocycles. The maximum atomic E-state index is 5.43. The summed E-state index contributed by atoms with van der Waals surface area (Å²) in [6.45, 7) is 13.4. The normalized spacial score (nSPS) is 12.1. The molecule has 0 atom stereocenters. The van der Waals surface area contributed by atoms with E-state index in [1.165, 1.54) is 43.9 Å². The number of pyridine rings is 2. The summed E-state index contributed by atoms with van der Waals surface area (Å²) in [6, 6.07) is 21.7. The largest absolute Gasteiger partial charge is 0.295 e. The lowest BCUT2D eigenvalue weighted by atomic mass is 9.95. The number of fused-ring (bicyclic) bond motifs is 4. The van der Waals surface area contributed by atoms with Gasteiger partial charge in [0, 0.05) is 16.6 Å². The molecule has 0 aliphatic rings. The van der Waals surface area contributed by atoms with E-state index in [9.17, 15) is 0 Å². The Morgan fingerprint density at radius 3 is 2.30 bits per heavy atom. The molecule has 4 aromatic heterocycles. The predicted octanol–water partition coefficient (Wildman–Crippen LogP) is 8.14. The fourth-order valence-electron chi connectivity index (χ4n) is 5.61. The van der Waals surface area contributed by atoms with Crippen molar-refractivity contribution in [2.45, 2.75) is 53.4 Å². The summed E-state index contributed by atoms with van der Waals surface area (Å²) in [5.41, 5.74) is 10.7. The van der Waals surface area contributed by atoms with E-state index >= 15 is 0 Å². The molecule has 6 aromatic rings. The Hall–Kier alpha value is -3.57. The van der Waals surface area contributed by atoms with Crippen LogP contribution in [0.3, 0.4) is 0 Å². The molecule has 0 aliphatic heterocycles. The number of hydrogen-bond donors (Lipinski definition) is 0. The molecule has 0 radical (unpaired) electrons. The molecule has 0 saturated heterocycles. The van der Waals surface area contributed by atoms with Crippen LogP contribution in [-0.4, -0.2) is 14.5 Å². The standard InChI is InChI=1S/C32H33N4S/c1-18(2)26-29(27(19(3)4)34-28-23-17-16-21(6)33-31(23)37-30(26)28)36-25-15-11-10-14-24(25)35(7)32(36)22-13-9-8-12-20(22)5/h8-19H,1-7H3/q+1. The molecule has 5 heteroatoms. The topological polar surface area (TPSA) is 34.6 Å². The summed E-state index contributed by atoms with van der Waals surface area (Å²) in [7, 11) is 2.18. The van der Waals surface area contributed by atoms with Crippen molar-refractivity contribution >= 4 is 42.8 Å². The Bertz CT molecular complexity index is 1820. The molecule has 37 heavy (non-hydrogen) atoms. The van der Waals surface area contributed by atoms with Gasteiger partial charge in [0.2, 0.25) is 0 Å². The van der Waals surface area contributed by atoms with Gasteiger partial charge in [-0.15, -0.1) is 11.3 Å². The summed E-state index contributed by atoms with van der Waals surface area (Å²) in [5.74, 6) is 1.74. The maximum Gasteiger partial charge on any atom is 0.295 e. The van der Waals surface area contributed by atoms with Gasteiger partial charge in [-0.2, -0.15) is 4.57 Å². The Morgan fingerprint density at radius 2 is 1.57 bits per heavy atom. The van der Waals surface area contributed by atoms with Crippen LogP contribution in [0.15, 0.2) is 60.7 Å². The maximum absolute atomic E-state index is 5.43. The molecular formula is C32H33N4S+. The third kappa shape index (κ3) is 3.59. The van der Waals surface area contributed by atoms with Gasteiger partial charge in [-0.25, -0.2) is 14.5 Å². The second kappa shape index (κ2) is 8.77. The summed E-state index contributed by atoms with van der Waals surface area (Å²) in [4.78, 5) is 11.4. The number of benzene rings is 2. The molecule has 0 amide bonds. The average Bonchev–Trinajstić information content (AvgIpc) is 3.37. The van der Waals surface area contributed by atoms with E-state index in [1.54, 1.807) is 11.3 Å². The zero-order chi connectivity index (χ0) is 26.0. The van der Waals surface area contributed by atoms with E-state index < -0.39 is 0 Å². The molecule has 0 N–H and O–H groups in total. The second-order valence-electron chi connectivity index (χ2n) is 10.7. The molecule has 4 heterocycles. The minimum absolute atomic E-state index is 0.251. The van der Waals surface area contributed by atoms with Crippen LogP contribution in [-0.2, 0) is 7.05 Å². The lowest BCUT2D eigenvalue weighted by molar-refractivity contribution is -0.633. The first-order valence-electron chi connectivity index (χ1n) is 13.1. The van der Waals surface area contributed by atoms with Crippen molar-refractivity contribution in [2.24, 2.45) is 7.05 Å². The zero-order valence-corrected chi connectivity index (χ0v) is 23.4. The lowest BCUT2D eigenvalue weighted by Gasteiger charge is -2.19. The van der Waals surface area contributed by atoms with E-state index in [2.05, 4.69) is 118 Å². The number of aromatic nitrogens is 4. The third-order valence-corrected chi connectivity index (χ3v) is 8.51. The Kier molecular flexibility index (Phi) is 5.64. The van der Waals surface area contributed by atoms with E-state index in [0.29, 0.717) is 5.92 Å². The number of aryl methyl sites for hydroxylation is 3. The SMILES string of the molecule is Cc1ccc2c(n1)sc1c(C(C)C)c(-n3c(-c4ccccc4C)[n+](C)c4ccccc43)c(C(C)C)nc12. The molecular weight excluding hydrogens is 472 g/mol. The highest BCUT2D eigenvalue weighted by Gasteiger charge is 2.33. The van der Waals surface area contributed by atoms with Crippen LogP contribution in [0.25, 0.3) is 48.5 Å². The predicted molar refractivity (Wildman–Crippen MR) is 156 cm³/mol. The van der Waals surface area contributed by atoms with Gasteiger partial charge in [0.25, 0.3) is 5.82 Å². The van der Waals surface area contributed by atoms with Crippen molar-refractivity contribution in [2.75, 3.05) is 0 Å². The summed E-state index contributed by atoms with van der Waals surface area (Å²) >= 11 is 1.78. The van der Waals surface area contributed by atoms with Gasteiger partial charge in [-0.1, -0.05) is 58.0 Å². The zero-order valence-electron chi connectivity index (χ0n) is 22.6. The van der Waals surface area contributed by atoms with Gasteiger partial charge in [-0.05, 0) is 61.6 Å². The molecule has 186 valence electrons. The fourth-order valence-corrected chi connectivity index (χ4v) is 6.96. The Labute approximate surface area is 222 Å². The molecule has 0 bridgehead atoms. The van der Waals surface area contributed by atoms with Gasteiger partial charge >= 0.3 is 0 Å². The summed E-state index contributed by atoms with van der Waals surface area (Å²) in [6.07, 6.45) is 0. The monoisotopic (exact) mass is 505 g/mol. The van der Waals surface area contributed by atoms with Crippen molar-refractivity contribution in [3.05, 3.63) is 83.2 Å². The highest BCUT2D eigenvalue weighted by Crippen LogP contribution is 2.44. The van der Waals surface area contributed by atoms with Gasteiger partial charge < -0.3 is 0 Å². The number of para-hydroxylation sites is 2. The van der Waals surface area contributed by atoms with Crippen molar-refractivity contribution in [1.82, 2.24) is 14.5 Å². The molecule has 0 unspecified atom stereocenters. The molecule has 4 nitrogen and oxygen atoms in total. The van der Waals surface area contributed by atoms with E-state index in [0.717, 1.165) is 27.1 Å². The minimum Gasteiger partial charge on any atom is -0.246 e. The third-order valence-electron chi connectivity index (χ3n) is 7.39. The Balaban J connectivity index is 1.86. The lowest BCUT2D eigenvalue weighted by Crippen LogP contribution is -2.30. The van der Waals surface area contributed by atoms with Crippen molar-refractivity contribution < 1.29 is 4.57 Å². The first-order chi connectivity index (χ1) is 17.8. The first kappa shape index (κ1) is 23.8. The highest BCUT2D eigenvalue weighted by molar-refractivity contribution is 7.25. The quantitative estimate of drug-likeness (QED) is 0.227. The average molecular weight is 506 g/mol. The summed E-state index contributed by atoms with van der Waals surface area (Å²) < 4.78 is 6.07. The van der Waals surface area contributed by atoms with E-state index in [4.69, 9.17) is 9.97 Å². The van der Waals surface area contributed by atoms with Crippen LogP contribution in [0, 0.1) is 13.8 Å². The van der Waals surface area contributed by atoms with Crippen LogP contribution in [0.4, 0.5) is 0 Å². The van der Waals surface area contributed by atoms with Crippen LogP contribution in [0.1, 0.15) is 62.0 Å². The highest BCUT2D eigenvalue weighted by atomic mass is 32.1. The number of rotatable bonds is 4. The van der Waals surface area contributed by atoms with Gasteiger partial charge in [0.05, 0.1) is 28.5 Å². The van der Waals surface area contributed by atoms with Crippen LogP contribution in [0.2, 0.25) is 0 Å². The van der Waals surface area contributed by atoms with E-state index in [1.807, 2.05) is 0 Å². The van der Waals surface area contributed by atoms with Crippen LogP contribution < -0.4 is 4.57 Å². The second-order valence-corrected chi connectivity index (χ2v) is 11.7. The molecule has 6 rings (SSSR count). The molecule has 0 spiro atoms.